The van der Waals surface area contributed by atoms with Crippen LogP contribution in [0.25, 0.3) is 0 Å². The number of aryl methyl sites for hydroxylation is 1. The van der Waals surface area contributed by atoms with Crippen LogP contribution in [0.1, 0.15) is 41.9 Å². The van der Waals surface area contributed by atoms with Crippen molar-refractivity contribution in [1.82, 2.24) is 4.90 Å². The van der Waals surface area contributed by atoms with Crippen molar-refractivity contribution in [3.05, 3.63) is 59.2 Å². The van der Waals surface area contributed by atoms with Gasteiger partial charge >= 0.3 is 0 Å². The van der Waals surface area contributed by atoms with Gasteiger partial charge in [0, 0.05) is 38.8 Å². The number of nitrogens with zero attached hydrogens (tertiary/aromatic N) is 2. The largest absolute Gasteiger partial charge is 0.497 e. The van der Waals surface area contributed by atoms with Gasteiger partial charge in [0.05, 0.1) is 20.3 Å². The van der Waals surface area contributed by atoms with E-state index in [1.165, 1.54) is 16.8 Å². The predicted octanol–water partition coefficient (Wildman–Crippen LogP) is 4.00. The maximum Gasteiger partial charge on any atom is 0.223 e. The Bertz CT molecular complexity index is 859. The van der Waals surface area contributed by atoms with Crippen molar-refractivity contribution >= 4 is 11.6 Å². The third-order valence-corrected chi connectivity index (χ3v) is 6.37. The molecule has 0 saturated carbocycles. The molecule has 1 saturated heterocycles. The van der Waals surface area contributed by atoms with Gasteiger partial charge in [0.1, 0.15) is 5.75 Å². The molecule has 2 aromatic carbocycles. The Morgan fingerprint density at radius 3 is 2.67 bits per heavy atom. The molecule has 2 aromatic rings. The number of methoxy groups -OCH3 is 1. The molecule has 1 heterocycles. The molecule has 0 N–H and O–H groups in total. The molecule has 1 unspecified atom stereocenters. The Morgan fingerprint density at radius 2 is 1.93 bits per heavy atom. The molecule has 1 aliphatic heterocycles. The Morgan fingerprint density at radius 1 is 1.17 bits per heavy atom. The van der Waals surface area contributed by atoms with Gasteiger partial charge in [0.15, 0.2) is 0 Å². The number of carbonyl (C=O) groups excluding carboxylic acids is 1. The SMILES string of the molecule is COc1ccc2c(c1)CCCC2CC(=O)N(C)Cc1ccc(N2CCOCC2)cc1. The molecule has 1 aliphatic carbocycles. The number of hydrogen-bond donors (Lipinski definition) is 0. The van der Waals surface area contributed by atoms with Crippen LogP contribution in [0.15, 0.2) is 42.5 Å². The van der Waals surface area contributed by atoms with E-state index in [0.29, 0.717) is 18.9 Å². The van der Waals surface area contributed by atoms with Crippen LogP contribution in [0.2, 0.25) is 0 Å². The summed E-state index contributed by atoms with van der Waals surface area (Å²) in [5.41, 5.74) is 5.04. The molecule has 4 rings (SSSR count). The number of carbonyl (C=O) groups is 1. The number of rotatable bonds is 6. The van der Waals surface area contributed by atoms with Gasteiger partial charge in [-0.1, -0.05) is 18.2 Å². The van der Waals surface area contributed by atoms with Crippen LogP contribution >= 0.6 is 0 Å². The summed E-state index contributed by atoms with van der Waals surface area (Å²) < 4.78 is 10.8. The van der Waals surface area contributed by atoms with Crippen LogP contribution < -0.4 is 9.64 Å². The second-order valence-corrected chi connectivity index (χ2v) is 8.37. The molecular weight excluding hydrogens is 376 g/mol. The lowest BCUT2D eigenvalue weighted by atomic mass is 9.80. The fourth-order valence-corrected chi connectivity index (χ4v) is 4.59. The van der Waals surface area contributed by atoms with Gasteiger partial charge in [-0.25, -0.2) is 0 Å². The zero-order chi connectivity index (χ0) is 20.9. The average Bonchev–Trinajstić information content (AvgIpc) is 2.80. The molecule has 1 atom stereocenters. The summed E-state index contributed by atoms with van der Waals surface area (Å²) in [6.45, 7) is 4.09. The van der Waals surface area contributed by atoms with Crippen molar-refractivity contribution in [2.75, 3.05) is 45.4 Å². The number of fused-ring (bicyclic) bond motifs is 1. The van der Waals surface area contributed by atoms with E-state index in [1.807, 2.05) is 18.0 Å². The van der Waals surface area contributed by atoms with E-state index in [0.717, 1.165) is 56.9 Å². The van der Waals surface area contributed by atoms with Gasteiger partial charge in [-0.15, -0.1) is 0 Å². The van der Waals surface area contributed by atoms with Gasteiger partial charge in [0.25, 0.3) is 0 Å². The highest BCUT2D eigenvalue weighted by Crippen LogP contribution is 2.36. The Hall–Kier alpha value is -2.53. The molecule has 30 heavy (non-hydrogen) atoms. The molecule has 1 amide bonds. The van der Waals surface area contributed by atoms with Crippen molar-refractivity contribution < 1.29 is 14.3 Å². The van der Waals surface area contributed by atoms with E-state index in [4.69, 9.17) is 9.47 Å². The van der Waals surface area contributed by atoms with E-state index >= 15 is 0 Å². The zero-order valence-electron chi connectivity index (χ0n) is 18.1. The van der Waals surface area contributed by atoms with Crippen LogP contribution in [0, 0.1) is 0 Å². The number of morpholine rings is 1. The highest BCUT2D eigenvalue weighted by atomic mass is 16.5. The Kier molecular flexibility index (Phi) is 6.58. The second-order valence-electron chi connectivity index (χ2n) is 8.37. The summed E-state index contributed by atoms with van der Waals surface area (Å²) >= 11 is 0. The fraction of sp³-hybridized carbons (Fsp3) is 0.480. The van der Waals surface area contributed by atoms with Gasteiger partial charge in [-0.05, 0) is 66.1 Å². The van der Waals surface area contributed by atoms with Crippen LogP contribution in [0.3, 0.4) is 0 Å². The van der Waals surface area contributed by atoms with Crippen molar-refractivity contribution in [3.63, 3.8) is 0 Å². The first-order valence-corrected chi connectivity index (χ1v) is 11.0. The summed E-state index contributed by atoms with van der Waals surface area (Å²) in [5.74, 6) is 1.41. The highest BCUT2D eigenvalue weighted by Gasteiger charge is 2.24. The van der Waals surface area contributed by atoms with E-state index in [1.54, 1.807) is 7.11 Å². The Labute approximate surface area is 179 Å². The van der Waals surface area contributed by atoms with Crippen LogP contribution in [0.4, 0.5) is 5.69 Å². The first-order valence-electron chi connectivity index (χ1n) is 11.0. The van der Waals surface area contributed by atoms with Gasteiger partial charge in [0.2, 0.25) is 5.91 Å². The van der Waals surface area contributed by atoms with Crippen molar-refractivity contribution in [2.45, 2.75) is 38.1 Å². The normalized spacial score (nSPS) is 18.6. The zero-order valence-corrected chi connectivity index (χ0v) is 18.1. The standard InChI is InChI=1S/C25H32N2O3/c1-26(18-19-6-8-22(9-7-19)27-12-14-30-15-13-27)25(28)17-21-5-3-4-20-16-23(29-2)10-11-24(20)21/h6-11,16,21H,3-5,12-15,17-18H2,1-2H3. The minimum absolute atomic E-state index is 0.209. The highest BCUT2D eigenvalue weighted by molar-refractivity contribution is 5.77. The summed E-state index contributed by atoms with van der Waals surface area (Å²) in [7, 11) is 3.62. The minimum Gasteiger partial charge on any atom is -0.497 e. The Balaban J connectivity index is 1.35. The molecule has 0 bridgehead atoms. The van der Waals surface area contributed by atoms with Crippen LogP contribution in [-0.2, 0) is 22.5 Å². The number of anilines is 1. The van der Waals surface area contributed by atoms with Crippen LogP contribution in [-0.4, -0.2) is 51.3 Å². The molecule has 5 heteroatoms. The van der Waals surface area contributed by atoms with Crippen LogP contribution in [0.5, 0.6) is 5.75 Å². The van der Waals surface area contributed by atoms with E-state index in [9.17, 15) is 4.79 Å². The quantitative estimate of drug-likeness (QED) is 0.725. The summed E-state index contributed by atoms with van der Waals surface area (Å²) in [5, 5.41) is 0. The molecule has 1 fully saturated rings. The number of amides is 1. The molecule has 160 valence electrons. The first kappa shape index (κ1) is 20.7. The number of hydrogen-bond acceptors (Lipinski definition) is 4. The monoisotopic (exact) mass is 408 g/mol. The summed E-state index contributed by atoms with van der Waals surface area (Å²) in [4.78, 5) is 17.1. The lowest BCUT2D eigenvalue weighted by molar-refractivity contribution is -0.130. The topological polar surface area (TPSA) is 42.0 Å². The van der Waals surface area contributed by atoms with Crippen molar-refractivity contribution in [1.29, 1.82) is 0 Å². The number of benzene rings is 2. The smallest absolute Gasteiger partial charge is 0.223 e. The third-order valence-electron chi connectivity index (χ3n) is 6.37. The predicted molar refractivity (Wildman–Crippen MR) is 119 cm³/mol. The van der Waals surface area contributed by atoms with E-state index in [-0.39, 0.29) is 5.91 Å². The molecule has 0 aromatic heterocycles. The molecule has 0 radical (unpaired) electrons. The van der Waals surface area contributed by atoms with Gasteiger partial charge in [-0.2, -0.15) is 0 Å². The van der Waals surface area contributed by atoms with E-state index < -0.39 is 0 Å². The minimum atomic E-state index is 0.209. The van der Waals surface area contributed by atoms with Crippen molar-refractivity contribution in [3.8, 4) is 5.75 Å². The molecular formula is C25H32N2O3. The summed E-state index contributed by atoms with van der Waals surface area (Å²) in [6.07, 6.45) is 3.85. The first-order chi connectivity index (χ1) is 14.6. The average molecular weight is 409 g/mol. The summed E-state index contributed by atoms with van der Waals surface area (Å²) in [6, 6.07) is 14.9. The lowest BCUT2D eigenvalue weighted by Crippen LogP contribution is -2.36. The molecule has 0 spiro atoms. The van der Waals surface area contributed by atoms with E-state index in [2.05, 4.69) is 41.3 Å². The number of ether oxygens (including phenoxy) is 2. The lowest BCUT2D eigenvalue weighted by Gasteiger charge is -2.29. The maximum absolute atomic E-state index is 12.9. The second kappa shape index (κ2) is 9.52. The fourth-order valence-electron chi connectivity index (χ4n) is 4.59. The molecule has 5 nitrogen and oxygen atoms in total. The third kappa shape index (κ3) is 4.78. The maximum atomic E-state index is 12.9. The molecule has 2 aliphatic rings. The van der Waals surface area contributed by atoms with Gasteiger partial charge < -0.3 is 19.3 Å². The van der Waals surface area contributed by atoms with Gasteiger partial charge in [-0.3, -0.25) is 4.79 Å². The van der Waals surface area contributed by atoms with Crippen molar-refractivity contribution in [2.24, 2.45) is 0 Å².